The summed E-state index contributed by atoms with van der Waals surface area (Å²) >= 11 is 0. The molecule has 2 atom stereocenters. The van der Waals surface area contributed by atoms with E-state index in [1.165, 1.54) is 38.5 Å². The highest BCUT2D eigenvalue weighted by Crippen LogP contribution is 2.27. The van der Waals surface area contributed by atoms with Crippen molar-refractivity contribution in [2.45, 2.75) is 83.2 Å². The molecule has 1 saturated carbocycles. The molecular formula is C20H37N3O3. The van der Waals surface area contributed by atoms with Gasteiger partial charge in [-0.2, -0.15) is 0 Å². The molecule has 0 spiro atoms. The zero-order valence-electron chi connectivity index (χ0n) is 16.6. The lowest BCUT2D eigenvalue weighted by Crippen LogP contribution is -2.45. The van der Waals surface area contributed by atoms with Crippen molar-refractivity contribution in [2.24, 2.45) is 5.92 Å². The monoisotopic (exact) mass is 367 g/mol. The van der Waals surface area contributed by atoms with Crippen LogP contribution in [0.3, 0.4) is 0 Å². The van der Waals surface area contributed by atoms with Crippen molar-refractivity contribution in [3.8, 4) is 0 Å². The van der Waals surface area contributed by atoms with Gasteiger partial charge in [-0.1, -0.05) is 32.1 Å². The average molecular weight is 368 g/mol. The third-order valence-electron chi connectivity index (χ3n) is 6.10. The fourth-order valence-electron chi connectivity index (χ4n) is 4.40. The summed E-state index contributed by atoms with van der Waals surface area (Å²) in [6.45, 7) is 3.64. The van der Waals surface area contributed by atoms with Crippen LogP contribution < -0.4 is 5.32 Å². The standard InChI is InChI=1S/C20H37N3O3/c1-16(10-11-17-7-4-3-5-8-17)21-20(26)23-13-6-9-18(12-14-23)22(2)15-19(24)25/h16-18H,3-15H2,1-2H3,(H,21,26)(H,24,25). The van der Waals surface area contributed by atoms with Gasteiger partial charge in [0.1, 0.15) is 0 Å². The number of carbonyl (C=O) groups is 2. The van der Waals surface area contributed by atoms with Crippen LogP contribution in [-0.2, 0) is 4.79 Å². The highest BCUT2D eigenvalue weighted by atomic mass is 16.4. The number of likely N-dealkylation sites (tertiary alicyclic amines) is 1. The summed E-state index contributed by atoms with van der Waals surface area (Å²) in [5.74, 6) is 0.0601. The van der Waals surface area contributed by atoms with Crippen molar-refractivity contribution < 1.29 is 14.7 Å². The van der Waals surface area contributed by atoms with Gasteiger partial charge in [0.15, 0.2) is 0 Å². The molecule has 0 aromatic carbocycles. The summed E-state index contributed by atoms with van der Waals surface area (Å²) in [5.41, 5.74) is 0. The molecule has 6 heteroatoms. The Bertz CT molecular complexity index is 452. The largest absolute Gasteiger partial charge is 0.480 e. The number of carboxylic acid groups (broad SMARTS) is 1. The maximum Gasteiger partial charge on any atom is 0.317 e. The molecule has 0 aromatic heterocycles. The van der Waals surface area contributed by atoms with Crippen molar-refractivity contribution in [3.05, 3.63) is 0 Å². The Labute approximate surface area is 158 Å². The van der Waals surface area contributed by atoms with E-state index < -0.39 is 5.97 Å². The number of carboxylic acids is 1. The van der Waals surface area contributed by atoms with Crippen LogP contribution in [0.25, 0.3) is 0 Å². The molecule has 2 aliphatic rings. The van der Waals surface area contributed by atoms with E-state index in [2.05, 4.69) is 12.2 Å². The summed E-state index contributed by atoms with van der Waals surface area (Å²) in [6, 6.07) is 0.508. The van der Waals surface area contributed by atoms with Gasteiger partial charge in [0.05, 0.1) is 6.54 Å². The van der Waals surface area contributed by atoms with E-state index in [9.17, 15) is 9.59 Å². The van der Waals surface area contributed by atoms with E-state index in [0.717, 1.165) is 38.1 Å². The molecule has 1 aliphatic carbocycles. The minimum absolute atomic E-state index is 0.0441. The normalized spacial score (nSPS) is 23.5. The first kappa shape index (κ1) is 21.0. The predicted molar refractivity (Wildman–Crippen MR) is 103 cm³/mol. The lowest BCUT2D eigenvalue weighted by Gasteiger charge is -2.27. The van der Waals surface area contributed by atoms with Crippen LogP contribution in [-0.4, -0.2) is 65.7 Å². The van der Waals surface area contributed by atoms with Gasteiger partial charge in [-0.25, -0.2) is 4.79 Å². The minimum Gasteiger partial charge on any atom is -0.480 e. The molecule has 1 saturated heterocycles. The third-order valence-corrected chi connectivity index (χ3v) is 6.10. The maximum absolute atomic E-state index is 12.6. The number of carbonyl (C=O) groups excluding carboxylic acids is 1. The first-order valence-electron chi connectivity index (χ1n) is 10.4. The fraction of sp³-hybridized carbons (Fsp3) is 0.900. The van der Waals surface area contributed by atoms with E-state index in [4.69, 9.17) is 5.11 Å². The van der Waals surface area contributed by atoms with Crippen molar-refractivity contribution in [2.75, 3.05) is 26.7 Å². The molecular weight excluding hydrogens is 330 g/mol. The van der Waals surface area contributed by atoms with Gasteiger partial charge < -0.3 is 15.3 Å². The molecule has 0 aromatic rings. The van der Waals surface area contributed by atoms with Crippen LogP contribution in [0.4, 0.5) is 4.79 Å². The number of amides is 2. The summed E-state index contributed by atoms with van der Waals surface area (Å²) in [7, 11) is 1.86. The number of aliphatic carboxylic acids is 1. The lowest BCUT2D eigenvalue weighted by atomic mass is 9.85. The Hall–Kier alpha value is -1.30. The second-order valence-corrected chi connectivity index (χ2v) is 8.31. The Morgan fingerprint density at radius 1 is 1.12 bits per heavy atom. The van der Waals surface area contributed by atoms with Crippen molar-refractivity contribution in [1.82, 2.24) is 15.1 Å². The van der Waals surface area contributed by atoms with Gasteiger partial charge in [0.2, 0.25) is 0 Å². The molecule has 150 valence electrons. The van der Waals surface area contributed by atoms with Crippen LogP contribution in [0.15, 0.2) is 0 Å². The zero-order chi connectivity index (χ0) is 18.9. The topological polar surface area (TPSA) is 72.9 Å². The Balaban J connectivity index is 1.70. The number of nitrogens with one attached hydrogen (secondary N) is 1. The first-order chi connectivity index (χ1) is 12.5. The first-order valence-corrected chi connectivity index (χ1v) is 10.4. The van der Waals surface area contributed by atoms with Gasteiger partial charge in [0, 0.05) is 25.2 Å². The molecule has 2 fully saturated rings. The molecule has 26 heavy (non-hydrogen) atoms. The van der Waals surface area contributed by atoms with Crippen molar-refractivity contribution in [1.29, 1.82) is 0 Å². The molecule has 2 amide bonds. The van der Waals surface area contributed by atoms with Crippen molar-refractivity contribution >= 4 is 12.0 Å². The molecule has 1 heterocycles. The van der Waals surface area contributed by atoms with Crippen molar-refractivity contribution in [3.63, 3.8) is 0 Å². The van der Waals surface area contributed by atoms with Crippen LogP contribution in [0.2, 0.25) is 0 Å². The SMILES string of the molecule is CC(CCC1CCCCC1)NC(=O)N1CCCC(N(C)CC(=O)O)CC1. The summed E-state index contributed by atoms with van der Waals surface area (Å²) in [5, 5.41) is 12.1. The van der Waals surface area contributed by atoms with Crippen LogP contribution in [0.5, 0.6) is 0 Å². The van der Waals surface area contributed by atoms with Crippen LogP contribution >= 0.6 is 0 Å². The van der Waals surface area contributed by atoms with Gasteiger partial charge in [-0.05, 0) is 52.0 Å². The highest BCUT2D eigenvalue weighted by molar-refractivity contribution is 5.74. The minimum atomic E-state index is -0.793. The number of hydrogen-bond donors (Lipinski definition) is 2. The van der Waals surface area contributed by atoms with E-state index in [1.54, 1.807) is 0 Å². The predicted octanol–water partition coefficient (Wildman–Crippen LogP) is 3.32. The lowest BCUT2D eigenvalue weighted by molar-refractivity contribution is -0.138. The van der Waals surface area contributed by atoms with Gasteiger partial charge in [-0.3, -0.25) is 9.69 Å². The zero-order valence-corrected chi connectivity index (χ0v) is 16.6. The van der Waals surface area contributed by atoms with Gasteiger partial charge in [-0.15, -0.1) is 0 Å². The van der Waals surface area contributed by atoms with Gasteiger partial charge >= 0.3 is 12.0 Å². The van der Waals surface area contributed by atoms with E-state index in [0.29, 0.717) is 6.54 Å². The van der Waals surface area contributed by atoms with Crippen LogP contribution in [0.1, 0.15) is 71.1 Å². The summed E-state index contributed by atoms with van der Waals surface area (Å²) < 4.78 is 0. The second kappa shape index (κ2) is 10.8. The molecule has 6 nitrogen and oxygen atoms in total. The molecule has 2 unspecified atom stereocenters. The smallest absolute Gasteiger partial charge is 0.317 e. The van der Waals surface area contributed by atoms with E-state index in [-0.39, 0.29) is 24.7 Å². The number of urea groups is 1. The molecule has 1 aliphatic heterocycles. The molecule has 0 radical (unpaired) electrons. The molecule has 2 N–H and O–H groups in total. The van der Waals surface area contributed by atoms with Gasteiger partial charge in [0.25, 0.3) is 0 Å². The highest BCUT2D eigenvalue weighted by Gasteiger charge is 2.24. The Morgan fingerprint density at radius 3 is 2.54 bits per heavy atom. The molecule has 0 bridgehead atoms. The fourth-order valence-corrected chi connectivity index (χ4v) is 4.40. The average Bonchev–Trinajstić information content (AvgIpc) is 2.86. The Kier molecular flexibility index (Phi) is 8.69. The maximum atomic E-state index is 12.6. The summed E-state index contributed by atoms with van der Waals surface area (Å²) in [4.78, 5) is 27.3. The number of hydrogen-bond acceptors (Lipinski definition) is 3. The second-order valence-electron chi connectivity index (χ2n) is 8.31. The summed E-state index contributed by atoms with van der Waals surface area (Å²) in [6.07, 6.45) is 11.9. The van der Waals surface area contributed by atoms with Crippen LogP contribution in [0, 0.1) is 5.92 Å². The van der Waals surface area contributed by atoms with E-state index >= 15 is 0 Å². The molecule has 2 rings (SSSR count). The number of rotatable bonds is 7. The third kappa shape index (κ3) is 7.14. The quantitative estimate of drug-likeness (QED) is 0.724. The van der Waals surface area contributed by atoms with E-state index in [1.807, 2.05) is 16.8 Å². The Morgan fingerprint density at radius 2 is 1.85 bits per heavy atom. The number of nitrogens with zero attached hydrogens (tertiary/aromatic N) is 2. The number of likely N-dealkylation sites (N-methyl/N-ethyl adjacent to an activating group) is 1.